The monoisotopic (exact) mass is 404 g/mol. The predicted molar refractivity (Wildman–Crippen MR) is 113 cm³/mol. The zero-order valence-electron chi connectivity index (χ0n) is 15.2. The van der Waals surface area contributed by atoms with Gasteiger partial charge in [-0.15, -0.1) is 0 Å². The van der Waals surface area contributed by atoms with Gasteiger partial charge >= 0.3 is 0 Å². The Hall–Kier alpha value is -3.48. The molecule has 1 unspecified atom stereocenters. The van der Waals surface area contributed by atoms with E-state index in [9.17, 15) is 9.59 Å². The van der Waals surface area contributed by atoms with Gasteiger partial charge in [0.1, 0.15) is 0 Å². The molecule has 1 aliphatic heterocycles. The number of carbonyl (C=O) groups is 2. The molecule has 144 valence electrons. The van der Waals surface area contributed by atoms with E-state index < -0.39 is 12.1 Å². The Morgan fingerprint density at radius 3 is 2.38 bits per heavy atom. The van der Waals surface area contributed by atoms with Gasteiger partial charge in [-0.1, -0.05) is 60.1 Å². The largest absolute Gasteiger partial charge is 0.322 e. The molecule has 1 heterocycles. The minimum Gasteiger partial charge on any atom is -0.322 e. The molecular weight excluding hydrogens is 388 g/mol. The van der Waals surface area contributed by atoms with E-state index in [0.29, 0.717) is 27.5 Å². The lowest BCUT2D eigenvalue weighted by Gasteiger charge is -2.14. The van der Waals surface area contributed by atoms with Crippen molar-refractivity contribution >= 4 is 34.8 Å². The summed E-state index contributed by atoms with van der Waals surface area (Å²) in [5.74, 6) is -0.757. The maximum absolute atomic E-state index is 12.7. The molecule has 0 aromatic heterocycles. The van der Waals surface area contributed by atoms with Crippen LogP contribution in [0.25, 0.3) is 0 Å². The van der Waals surface area contributed by atoms with Gasteiger partial charge < -0.3 is 5.32 Å². The quantitative estimate of drug-likeness (QED) is 0.583. The molecule has 3 aromatic carbocycles. The number of anilines is 1. The van der Waals surface area contributed by atoms with E-state index in [1.165, 1.54) is 0 Å². The average molecular weight is 405 g/mol. The third-order valence-corrected chi connectivity index (χ3v) is 4.64. The third kappa shape index (κ3) is 4.18. The van der Waals surface area contributed by atoms with Gasteiger partial charge in [-0.3, -0.25) is 20.0 Å². The summed E-state index contributed by atoms with van der Waals surface area (Å²) in [6.45, 7) is 0. The highest BCUT2D eigenvalue weighted by molar-refractivity contribution is 6.32. The Balaban J connectivity index is 1.67. The number of nitrogens with one attached hydrogen (secondary N) is 3. The third-order valence-electron chi connectivity index (χ3n) is 4.41. The van der Waals surface area contributed by atoms with Crippen molar-refractivity contribution in [3.63, 3.8) is 0 Å². The molecule has 0 spiro atoms. The van der Waals surface area contributed by atoms with Crippen LogP contribution in [0.15, 0.2) is 83.9 Å². The van der Waals surface area contributed by atoms with Crippen molar-refractivity contribution in [1.29, 1.82) is 0 Å². The minimum atomic E-state index is -1.02. The highest BCUT2D eigenvalue weighted by Crippen LogP contribution is 2.26. The number of hydrogen-bond acceptors (Lipinski definition) is 4. The van der Waals surface area contributed by atoms with E-state index >= 15 is 0 Å². The molecule has 3 aromatic rings. The van der Waals surface area contributed by atoms with Crippen LogP contribution in [0.5, 0.6) is 0 Å². The fourth-order valence-electron chi connectivity index (χ4n) is 3.00. The zero-order chi connectivity index (χ0) is 20.2. The average Bonchev–Trinajstić information content (AvgIpc) is 2.89. The smallest absolute Gasteiger partial charge is 0.265 e. The first-order chi connectivity index (χ1) is 14.1. The summed E-state index contributed by atoms with van der Waals surface area (Å²) in [6.07, 6.45) is -1.02. The fourth-order valence-corrected chi connectivity index (χ4v) is 3.17. The molecule has 1 atom stereocenters. The molecule has 7 heteroatoms. The summed E-state index contributed by atoms with van der Waals surface area (Å²) >= 11 is 6.19. The van der Waals surface area contributed by atoms with Crippen molar-refractivity contribution in [3.05, 3.63) is 101 Å². The summed E-state index contributed by atoms with van der Waals surface area (Å²) in [4.78, 5) is 29.6. The Kier molecular flexibility index (Phi) is 5.37. The first-order valence-corrected chi connectivity index (χ1v) is 9.34. The van der Waals surface area contributed by atoms with Gasteiger partial charge in [-0.2, -0.15) is 0 Å². The van der Waals surface area contributed by atoms with E-state index in [4.69, 9.17) is 11.6 Å². The highest BCUT2D eigenvalue weighted by atomic mass is 35.5. The van der Waals surface area contributed by atoms with Crippen LogP contribution in [-0.4, -0.2) is 23.7 Å². The number of aliphatic imine (C=N–C) groups is 1. The van der Waals surface area contributed by atoms with E-state index in [1.54, 1.807) is 42.5 Å². The number of benzodiazepines with no additional fused rings is 1. The number of hydrogen-bond donors (Lipinski definition) is 3. The van der Waals surface area contributed by atoms with Gasteiger partial charge in [0.15, 0.2) is 6.17 Å². The number of carbonyl (C=O) groups excluding carboxylic acids is 2. The van der Waals surface area contributed by atoms with Gasteiger partial charge in [0, 0.05) is 21.7 Å². The van der Waals surface area contributed by atoms with Crippen molar-refractivity contribution in [2.75, 3.05) is 5.32 Å². The standard InChI is InChI=1S/C22H17ClN4O2/c23-16-11-12-18-17(13-16)19(14-7-3-1-4-8-14)25-20(22(29)24-18)26-27-21(28)15-9-5-2-6-10-15/h1-13,20,26H,(H,24,29)(H,27,28). The second kappa shape index (κ2) is 8.26. The highest BCUT2D eigenvalue weighted by Gasteiger charge is 2.26. The number of nitrogens with zero attached hydrogens (tertiary/aromatic N) is 1. The number of fused-ring (bicyclic) bond motifs is 1. The molecule has 0 fully saturated rings. The number of hydrazine groups is 1. The molecule has 3 N–H and O–H groups in total. The van der Waals surface area contributed by atoms with Crippen LogP contribution in [0, 0.1) is 0 Å². The molecular formula is C22H17ClN4O2. The van der Waals surface area contributed by atoms with Crippen LogP contribution in [-0.2, 0) is 4.79 Å². The topological polar surface area (TPSA) is 82.6 Å². The van der Waals surface area contributed by atoms with Gasteiger partial charge in [-0.25, -0.2) is 5.43 Å². The predicted octanol–water partition coefficient (Wildman–Crippen LogP) is 3.39. The normalized spacial score (nSPS) is 15.6. The van der Waals surface area contributed by atoms with Crippen LogP contribution in [0.2, 0.25) is 5.02 Å². The first-order valence-electron chi connectivity index (χ1n) is 8.97. The molecule has 0 saturated heterocycles. The minimum absolute atomic E-state index is 0.361. The van der Waals surface area contributed by atoms with Crippen molar-refractivity contribution in [2.45, 2.75) is 6.17 Å². The SMILES string of the molecule is O=C(NNC1N=C(c2ccccc2)c2cc(Cl)ccc2NC1=O)c1ccccc1. The lowest BCUT2D eigenvalue weighted by molar-refractivity contribution is -0.118. The van der Waals surface area contributed by atoms with E-state index in [2.05, 4.69) is 21.2 Å². The Labute approximate surface area is 172 Å². The summed E-state index contributed by atoms with van der Waals surface area (Å²) in [7, 11) is 0. The lowest BCUT2D eigenvalue weighted by atomic mass is 10.0. The van der Waals surface area contributed by atoms with Crippen LogP contribution in [0.4, 0.5) is 5.69 Å². The van der Waals surface area contributed by atoms with Crippen LogP contribution in [0.1, 0.15) is 21.5 Å². The van der Waals surface area contributed by atoms with Crippen molar-refractivity contribution in [3.8, 4) is 0 Å². The second-order valence-corrected chi connectivity index (χ2v) is 6.83. The Morgan fingerprint density at radius 2 is 1.66 bits per heavy atom. The number of halogens is 1. The van der Waals surface area contributed by atoms with E-state index in [-0.39, 0.29) is 5.91 Å². The molecule has 0 radical (unpaired) electrons. The van der Waals surface area contributed by atoms with Crippen LogP contribution < -0.4 is 16.2 Å². The molecule has 4 rings (SSSR count). The van der Waals surface area contributed by atoms with E-state index in [1.807, 2.05) is 36.4 Å². The lowest BCUT2D eigenvalue weighted by Crippen LogP contribution is -2.49. The maximum Gasteiger partial charge on any atom is 0.265 e. The van der Waals surface area contributed by atoms with E-state index in [0.717, 1.165) is 5.56 Å². The fraction of sp³-hybridized carbons (Fsp3) is 0.0455. The Bertz CT molecular complexity index is 1080. The number of amides is 2. The first kappa shape index (κ1) is 18.9. The number of rotatable bonds is 4. The second-order valence-electron chi connectivity index (χ2n) is 6.39. The summed E-state index contributed by atoms with van der Waals surface area (Å²) in [5, 5.41) is 3.37. The summed E-state index contributed by atoms with van der Waals surface area (Å²) in [5.41, 5.74) is 8.47. The van der Waals surface area contributed by atoms with Crippen LogP contribution in [0.3, 0.4) is 0 Å². The Morgan fingerprint density at radius 1 is 0.966 bits per heavy atom. The summed E-state index contributed by atoms with van der Waals surface area (Å²) in [6, 6.07) is 23.4. The molecule has 0 saturated carbocycles. The molecule has 6 nitrogen and oxygen atoms in total. The van der Waals surface area contributed by atoms with Crippen molar-refractivity contribution in [2.24, 2.45) is 4.99 Å². The van der Waals surface area contributed by atoms with Gasteiger partial charge in [0.25, 0.3) is 11.8 Å². The molecule has 29 heavy (non-hydrogen) atoms. The van der Waals surface area contributed by atoms with Crippen molar-refractivity contribution < 1.29 is 9.59 Å². The number of benzene rings is 3. The van der Waals surface area contributed by atoms with Gasteiger partial charge in [0.05, 0.1) is 11.4 Å². The maximum atomic E-state index is 12.7. The van der Waals surface area contributed by atoms with Gasteiger partial charge in [-0.05, 0) is 30.3 Å². The van der Waals surface area contributed by atoms with Gasteiger partial charge in [0.2, 0.25) is 0 Å². The van der Waals surface area contributed by atoms with Crippen LogP contribution >= 0.6 is 11.6 Å². The molecule has 2 amide bonds. The zero-order valence-corrected chi connectivity index (χ0v) is 16.0. The molecule has 1 aliphatic rings. The molecule has 0 aliphatic carbocycles. The summed E-state index contributed by atoms with van der Waals surface area (Å²) < 4.78 is 0. The van der Waals surface area contributed by atoms with Crippen molar-refractivity contribution in [1.82, 2.24) is 10.9 Å². The molecule has 0 bridgehead atoms.